The SMILES string of the molecule is COc1ccccc1CN1CCCNC2(CCCC2)C1. The van der Waals surface area contributed by atoms with E-state index in [4.69, 9.17) is 4.74 Å². The number of rotatable bonds is 3. The van der Waals surface area contributed by atoms with E-state index in [1.165, 1.54) is 57.3 Å². The Kier molecular flexibility index (Phi) is 4.27. The molecule has 0 radical (unpaired) electrons. The molecular weight excluding hydrogens is 248 g/mol. The molecule has 2 aliphatic rings. The average molecular weight is 274 g/mol. The van der Waals surface area contributed by atoms with Crippen molar-refractivity contribution in [3.8, 4) is 5.75 Å². The Morgan fingerprint density at radius 1 is 1.20 bits per heavy atom. The number of ether oxygens (including phenoxy) is 1. The zero-order valence-electron chi connectivity index (χ0n) is 12.5. The highest BCUT2D eigenvalue weighted by molar-refractivity contribution is 5.33. The minimum absolute atomic E-state index is 0.387. The Balaban J connectivity index is 1.72. The fraction of sp³-hybridized carbons (Fsp3) is 0.647. The molecule has 2 fully saturated rings. The summed E-state index contributed by atoms with van der Waals surface area (Å²) in [5, 5.41) is 3.83. The summed E-state index contributed by atoms with van der Waals surface area (Å²) in [7, 11) is 1.77. The number of nitrogens with one attached hydrogen (secondary N) is 1. The van der Waals surface area contributed by atoms with Crippen molar-refractivity contribution >= 4 is 0 Å². The van der Waals surface area contributed by atoms with Gasteiger partial charge in [-0.2, -0.15) is 0 Å². The smallest absolute Gasteiger partial charge is 0.123 e. The summed E-state index contributed by atoms with van der Waals surface area (Å²) in [5.41, 5.74) is 1.70. The first-order chi connectivity index (χ1) is 9.81. The van der Waals surface area contributed by atoms with Gasteiger partial charge in [0.15, 0.2) is 0 Å². The summed E-state index contributed by atoms with van der Waals surface area (Å²) in [5.74, 6) is 1.02. The van der Waals surface area contributed by atoms with Crippen molar-refractivity contribution in [2.45, 2.75) is 44.2 Å². The predicted octanol–water partition coefficient (Wildman–Crippen LogP) is 2.80. The summed E-state index contributed by atoms with van der Waals surface area (Å²) in [4.78, 5) is 2.61. The molecule has 3 rings (SSSR count). The first kappa shape index (κ1) is 13.9. The highest BCUT2D eigenvalue weighted by Crippen LogP contribution is 2.32. The van der Waals surface area contributed by atoms with Crippen LogP contribution < -0.4 is 10.1 Å². The maximum Gasteiger partial charge on any atom is 0.123 e. The van der Waals surface area contributed by atoms with Gasteiger partial charge in [-0.25, -0.2) is 0 Å². The van der Waals surface area contributed by atoms with Crippen molar-refractivity contribution in [2.75, 3.05) is 26.7 Å². The largest absolute Gasteiger partial charge is 0.496 e. The zero-order chi connectivity index (χ0) is 13.8. The molecule has 0 amide bonds. The number of hydrogen-bond acceptors (Lipinski definition) is 3. The molecule has 1 saturated heterocycles. The summed E-state index contributed by atoms with van der Waals surface area (Å²) >= 11 is 0. The van der Waals surface area contributed by atoms with Crippen LogP contribution in [0.4, 0.5) is 0 Å². The van der Waals surface area contributed by atoms with Gasteiger partial charge in [0.25, 0.3) is 0 Å². The van der Waals surface area contributed by atoms with Gasteiger partial charge in [-0.05, 0) is 38.4 Å². The normalized spacial score (nSPS) is 22.9. The summed E-state index contributed by atoms with van der Waals surface area (Å²) in [6, 6.07) is 8.42. The third-order valence-electron chi connectivity index (χ3n) is 4.82. The Morgan fingerprint density at radius 3 is 2.80 bits per heavy atom. The quantitative estimate of drug-likeness (QED) is 0.917. The number of para-hydroxylation sites is 1. The second-order valence-corrected chi connectivity index (χ2v) is 6.29. The second kappa shape index (κ2) is 6.15. The van der Waals surface area contributed by atoms with Gasteiger partial charge in [0.1, 0.15) is 5.75 Å². The van der Waals surface area contributed by atoms with Crippen LogP contribution in [0.3, 0.4) is 0 Å². The average Bonchev–Trinajstić information content (AvgIpc) is 2.82. The molecule has 1 aliphatic carbocycles. The fourth-order valence-corrected chi connectivity index (χ4v) is 3.82. The van der Waals surface area contributed by atoms with Gasteiger partial charge in [0.2, 0.25) is 0 Å². The van der Waals surface area contributed by atoms with Gasteiger partial charge in [-0.15, -0.1) is 0 Å². The Labute approximate surface area is 122 Å². The molecule has 0 unspecified atom stereocenters. The molecule has 1 heterocycles. The second-order valence-electron chi connectivity index (χ2n) is 6.29. The van der Waals surface area contributed by atoms with Crippen LogP contribution in [-0.2, 0) is 6.54 Å². The minimum Gasteiger partial charge on any atom is -0.496 e. The molecule has 0 aromatic heterocycles. The monoisotopic (exact) mass is 274 g/mol. The van der Waals surface area contributed by atoms with E-state index in [0.29, 0.717) is 5.54 Å². The van der Waals surface area contributed by atoms with Crippen LogP contribution in [0.1, 0.15) is 37.7 Å². The lowest BCUT2D eigenvalue weighted by Gasteiger charge is -2.33. The van der Waals surface area contributed by atoms with Crippen LogP contribution in [0.5, 0.6) is 5.75 Å². The van der Waals surface area contributed by atoms with E-state index in [2.05, 4.69) is 28.4 Å². The lowest BCUT2D eigenvalue weighted by molar-refractivity contribution is 0.201. The molecule has 1 aliphatic heterocycles. The molecule has 1 N–H and O–H groups in total. The third kappa shape index (κ3) is 2.99. The lowest BCUT2D eigenvalue weighted by Crippen LogP contribution is -2.49. The Bertz CT molecular complexity index is 440. The van der Waals surface area contributed by atoms with Crippen molar-refractivity contribution in [1.82, 2.24) is 10.2 Å². The number of hydrogen-bond donors (Lipinski definition) is 1. The van der Waals surface area contributed by atoms with Crippen molar-refractivity contribution in [3.05, 3.63) is 29.8 Å². The number of benzene rings is 1. The number of nitrogens with zero attached hydrogens (tertiary/aromatic N) is 1. The van der Waals surface area contributed by atoms with Crippen molar-refractivity contribution in [3.63, 3.8) is 0 Å². The maximum absolute atomic E-state index is 5.49. The van der Waals surface area contributed by atoms with E-state index in [1.807, 2.05) is 6.07 Å². The molecule has 3 heteroatoms. The number of methoxy groups -OCH3 is 1. The van der Waals surface area contributed by atoms with Crippen LogP contribution in [0.2, 0.25) is 0 Å². The molecule has 20 heavy (non-hydrogen) atoms. The fourth-order valence-electron chi connectivity index (χ4n) is 3.82. The molecule has 1 saturated carbocycles. The van der Waals surface area contributed by atoms with Crippen LogP contribution in [0.15, 0.2) is 24.3 Å². The van der Waals surface area contributed by atoms with E-state index in [0.717, 1.165) is 12.3 Å². The minimum atomic E-state index is 0.387. The predicted molar refractivity (Wildman–Crippen MR) is 82.1 cm³/mol. The summed E-state index contributed by atoms with van der Waals surface area (Å²) in [6.45, 7) is 4.55. The van der Waals surface area contributed by atoms with E-state index in [-0.39, 0.29) is 0 Å². The maximum atomic E-state index is 5.49. The summed E-state index contributed by atoms with van der Waals surface area (Å²) < 4.78 is 5.49. The standard InChI is InChI=1S/C17H26N2O/c1-20-16-8-3-2-7-15(16)13-19-12-6-11-18-17(14-19)9-4-5-10-17/h2-3,7-8,18H,4-6,9-14H2,1H3. The van der Waals surface area contributed by atoms with Gasteiger partial charge in [0.05, 0.1) is 7.11 Å². The highest BCUT2D eigenvalue weighted by Gasteiger charge is 2.36. The molecule has 1 spiro atoms. The zero-order valence-corrected chi connectivity index (χ0v) is 12.5. The van der Waals surface area contributed by atoms with Crippen molar-refractivity contribution in [1.29, 1.82) is 0 Å². The van der Waals surface area contributed by atoms with Crippen LogP contribution >= 0.6 is 0 Å². The van der Waals surface area contributed by atoms with Crippen LogP contribution in [0.25, 0.3) is 0 Å². The molecule has 0 atom stereocenters. The first-order valence-electron chi connectivity index (χ1n) is 7.91. The van der Waals surface area contributed by atoms with E-state index >= 15 is 0 Å². The highest BCUT2D eigenvalue weighted by atomic mass is 16.5. The van der Waals surface area contributed by atoms with E-state index < -0.39 is 0 Å². The molecule has 1 aromatic carbocycles. The molecular formula is C17H26N2O. The van der Waals surface area contributed by atoms with Gasteiger partial charge < -0.3 is 10.1 Å². The van der Waals surface area contributed by atoms with Gasteiger partial charge in [-0.3, -0.25) is 4.90 Å². The van der Waals surface area contributed by atoms with E-state index in [9.17, 15) is 0 Å². The van der Waals surface area contributed by atoms with Crippen LogP contribution in [-0.4, -0.2) is 37.2 Å². The van der Waals surface area contributed by atoms with Crippen molar-refractivity contribution in [2.24, 2.45) is 0 Å². The van der Waals surface area contributed by atoms with Crippen molar-refractivity contribution < 1.29 is 4.74 Å². The molecule has 1 aromatic rings. The van der Waals surface area contributed by atoms with Gasteiger partial charge in [-0.1, -0.05) is 31.0 Å². The Hall–Kier alpha value is -1.06. The third-order valence-corrected chi connectivity index (χ3v) is 4.82. The molecule has 110 valence electrons. The topological polar surface area (TPSA) is 24.5 Å². The van der Waals surface area contributed by atoms with Gasteiger partial charge in [0, 0.05) is 24.2 Å². The lowest BCUT2D eigenvalue weighted by atomic mass is 9.97. The molecule has 3 nitrogen and oxygen atoms in total. The molecule has 0 bridgehead atoms. The Morgan fingerprint density at radius 2 is 2.00 bits per heavy atom. The van der Waals surface area contributed by atoms with E-state index in [1.54, 1.807) is 7.11 Å². The van der Waals surface area contributed by atoms with Gasteiger partial charge >= 0.3 is 0 Å². The van der Waals surface area contributed by atoms with Crippen LogP contribution in [0, 0.1) is 0 Å². The first-order valence-corrected chi connectivity index (χ1v) is 7.91. The summed E-state index contributed by atoms with van der Waals surface area (Å²) in [6.07, 6.45) is 6.70.